The zero-order valence-electron chi connectivity index (χ0n) is 19.1. The highest BCUT2D eigenvalue weighted by atomic mass is 32.2. The standard InChI is InChI=1S/C29H29N3S/c1-30-26-8-6-23-5-3-15-32-18-12-25(13-19-32)24-10-16-31(17-11-24)14-2-4-22-7-9-28(27(30)20-22)33-29(26)21-23/h6-13,16-21H,2-5,14-15H2,1H3/q+2. The van der Waals surface area contributed by atoms with Gasteiger partial charge in [-0.1, -0.05) is 23.9 Å². The fourth-order valence-corrected chi connectivity index (χ4v) is 6.11. The largest absolute Gasteiger partial charge is 0.343 e. The van der Waals surface area contributed by atoms with Crippen molar-refractivity contribution >= 4 is 23.1 Å². The lowest BCUT2D eigenvalue weighted by atomic mass is 10.1. The number of benzene rings is 2. The minimum atomic E-state index is 1.03. The first-order valence-electron chi connectivity index (χ1n) is 11.9. The van der Waals surface area contributed by atoms with E-state index >= 15 is 0 Å². The van der Waals surface area contributed by atoms with Gasteiger partial charge in [-0.05, 0) is 59.4 Å². The molecule has 0 fully saturated rings. The average Bonchev–Trinajstić information content (AvgIpc) is 2.85. The number of aryl methyl sites for hydroxylation is 4. The molecule has 9 aliphatic rings. The summed E-state index contributed by atoms with van der Waals surface area (Å²) in [6.07, 6.45) is 13.3. The molecule has 10 bridgehead atoms. The summed E-state index contributed by atoms with van der Waals surface area (Å²) >= 11 is 1.91. The van der Waals surface area contributed by atoms with E-state index in [1.165, 1.54) is 43.4 Å². The topological polar surface area (TPSA) is 11.0 Å². The summed E-state index contributed by atoms with van der Waals surface area (Å²) in [5.74, 6) is 0. The van der Waals surface area contributed by atoms with Gasteiger partial charge in [0.2, 0.25) is 0 Å². The molecule has 0 atom stereocenters. The molecule has 0 radical (unpaired) electrons. The molecule has 0 spiro atoms. The summed E-state index contributed by atoms with van der Waals surface area (Å²) in [4.78, 5) is 5.09. The molecule has 2 aromatic carbocycles. The monoisotopic (exact) mass is 451 g/mol. The van der Waals surface area contributed by atoms with Crippen molar-refractivity contribution in [1.82, 2.24) is 0 Å². The van der Waals surface area contributed by atoms with E-state index in [1.807, 2.05) is 11.8 Å². The van der Waals surface area contributed by atoms with E-state index in [2.05, 4.69) is 107 Å². The molecule has 4 heteroatoms. The van der Waals surface area contributed by atoms with Crippen LogP contribution < -0.4 is 14.0 Å². The number of hydrogen-bond donors (Lipinski definition) is 0. The maximum atomic E-state index is 2.40. The van der Waals surface area contributed by atoms with Crippen LogP contribution in [-0.4, -0.2) is 7.05 Å². The molecule has 9 aliphatic heterocycles. The predicted octanol–water partition coefficient (Wildman–Crippen LogP) is 5.74. The van der Waals surface area contributed by atoms with Crippen LogP contribution in [0.4, 0.5) is 11.4 Å². The van der Waals surface area contributed by atoms with Crippen molar-refractivity contribution in [2.45, 2.75) is 48.6 Å². The van der Waals surface area contributed by atoms with Crippen LogP contribution in [-0.2, 0) is 25.9 Å². The van der Waals surface area contributed by atoms with Crippen LogP contribution in [0.3, 0.4) is 0 Å². The average molecular weight is 452 g/mol. The summed E-state index contributed by atoms with van der Waals surface area (Å²) < 4.78 is 4.60. The Bertz CT molecular complexity index is 1300. The lowest BCUT2D eigenvalue weighted by molar-refractivity contribution is -0.697. The van der Waals surface area contributed by atoms with Gasteiger partial charge in [0.1, 0.15) is 13.1 Å². The van der Waals surface area contributed by atoms with E-state index < -0.39 is 0 Å². The third-order valence-corrected chi connectivity index (χ3v) is 7.98. The summed E-state index contributed by atoms with van der Waals surface area (Å²) in [6.45, 7) is 2.06. The lowest BCUT2D eigenvalue weighted by Gasteiger charge is -2.30. The highest BCUT2D eigenvalue weighted by molar-refractivity contribution is 7.99. The van der Waals surface area contributed by atoms with Crippen molar-refractivity contribution in [2.75, 3.05) is 11.9 Å². The zero-order chi connectivity index (χ0) is 22.2. The Kier molecular flexibility index (Phi) is 5.39. The van der Waals surface area contributed by atoms with E-state index in [9.17, 15) is 0 Å². The van der Waals surface area contributed by atoms with Gasteiger partial charge in [-0.3, -0.25) is 0 Å². The maximum Gasteiger partial charge on any atom is 0.169 e. The van der Waals surface area contributed by atoms with Gasteiger partial charge in [-0.25, -0.2) is 9.13 Å². The Morgan fingerprint density at radius 3 is 1.85 bits per heavy atom. The van der Waals surface area contributed by atoms with Gasteiger partial charge in [-0.2, -0.15) is 0 Å². The molecule has 0 amide bonds. The van der Waals surface area contributed by atoms with Crippen molar-refractivity contribution in [2.24, 2.45) is 0 Å². The van der Waals surface area contributed by atoms with Crippen LogP contribution in [0.15, 0.2) is 95.2 Å². The summed E-state index contributed by atoms with van der Waals surface area (Å²) in [7, 11) is 2.21. The van der Waals surface area contributed by atoms with Crippen molar-refractivity contribution < 1.29 is 9.13 Å². The summed E-state index contributed by atoms with van der Waals surface area (Å²) in [5, 5.41) is 0. The predicted molar refractivity (Wildman–Crippen MR) is 134 cm³/mol. The Morgan fingerprint density at radius 1 is 0.636 bits per heavy atom. The highest BCUT2D eigenvalue weighted by Gasteiger charge is 2.21. The van der Waals surface area contributed by atoms with Crippen LogP contribution in [0.1, 0.15) is 24.0 Å². The van der Waals surface area contributed by atoms with Crippen LogP contribution in [0.5, 0.6) is 0 Å². The van der Waals surface area contributed by atoms with Gasteiger partial charge >= 0.3 is 0 Å². The quantitative estimate of drug-likeness (QED) is 0.316. The Labute approximate surface area is 200 Å². The molecule has 0 unspecified atom stereocenters. The lowest BCUT2D eigenvalue weighted by Crippen LogP contribution is -2.33. The molecular formula is C29H29N3S+2. The van der Waals surface area contributed by atoms with E-state index in [0.717, 1.165) is 38.8 Å². The van der Waals surface area contributed by atoms with E-state index in [-0.39, 0.29) is 0 Å². The number of nitrogens with zero attached hydrogens (tertiary/aromatic N) is 3. The molecule has 0 saturated carbocycles. The number of anilines is 2. The number of rotatable bonds is 0. The highest BCUT2D eigenvalue weighted by Crippen LogP contribution is 2.48. The van der Waals surface area contributed by atoms with Crippen molar-refractivity contribution in [1.29, 1.82) is 0 Å². The van der Waals surface area contributed by atoms with Crippen LogP contribution in [0.25, 0.3) is 11.1 Å². The van der Waals surface area contributed by atoms with Gasteiger partial charge in [-0.15, -0.1) is 0 Å². The Morgan fingerprint density at radius 2 is 1.21 bits per heavy atom. The first kappa shape index (κ1) is 20.5. The third-order valence-electron chi connectivity index (χ3n) is 6.87. The number of aromatic nitrogens is 2. The SMILES string of the molecule is CN1c2ccc3cc2Sc2ccc(cc21)CCC[n+]1ccc(cc1)-c1cc[n+](cc1)CCC3. The zero-order valence-corrected chi connectivity index (χ0v) is 19.9. The first-order chi connectivity index (χ1) is 16.2. The molecule has 11 heterocycles. The van der Waals surface area contributed by atoms with Crippen molar-refractivity contribution in [3.63, 3.8) is 0 Å². The molecule has 164 valence electrons. The molecule has 4 aromatic rings. The molecule has 0 N–H and O–H groups in total. The van der Waals surface area contributed by atoms with Crippen molar-refractivity contribution in [3.05, 3.63) is 96.6 Å². The fraction of sp³-hybridized carbons (Fsp3) is 0.241. The second kappa shape index (κ2) is 8.68. The Hall–Kier alpha value is -3.11. The number of pyridine rings is 2. The van der Waals surface area contributed by atoms with Gasteiger partial charge in [0.25, 0.3) is 0 Å². The molecule has 3 nitrogen and oxygen atoms in total. The third kappa shape index (κ3) is 4.16. The minimum absolute atomic E-state index is 1.03. The summed E-state index contributed by atoms with van der Waals surface area (Å²) in [6, 6.07) is 23.0. The van der Waals surface area contributed by atoms with E-state index in [4.69, 9.17) is 0 Å². The van der Waals surface area contributed by atoms with Gasteiger partial charge in [0.05, 0.1) is 11.4 Å². The van der Waals surface area contributed by atoms with E-state index in [1.54, 1.807) is 0 Å². The Balaban J connectivity index is 1.34. The second-order valence-electron chi connectivity index (χ2n) is 9.12. The van der Waals surface area contributed by atoms with E-state index in [0.29, 0.717) is 0 Å². The molecule has 0 aliphatic carbocycles. The fourth-order valence-electron chi connectivity index (χ4n) is 4.92. The second-order valence-corrected chi connectivity index (χ2v) is 10.2. The molecule has 33 heavy (non-hydrogen) atoms. The molecule has 13 rings (SSSR count). The van der Waals surface area contributed by atoms with Gasteiger partial charge in [0, 0.05) is 53.9 Å². The maximum absolute atomic E-state index is 2.40. The molecule has 2 aromatic heterocycles. The van der Waals surface area contributed by atoms with Crippen LogP contribution in [0, 0.1) is 0 Å². The first-order valence-corrected chi connectivity index (χ1v) is 12.7. The number of hydrogen-bond acceptors (Lipinski definition) is 2. The van der Waals surface area contributed by atoms with Crippen molar-refractivity contribution in [3.8, 4) is 11.1 Å². The normalized spacial score (nSPS) is 15.1. The van der Waals surface area contributed by atoms with Crippen LogP contribution >= 0.6 is 11.8 Å². The molecular weight excluding hydrogens is 422 g/mol. The molecule has 0 saturated heterocycles. The smallest absolute Gasteiger partial charge is 0.169 e. The minimum Gasteiger partial charge on any atom is -0.343 e. The summed E-state index contributed by atoms with van der Waals surface area (Å²) in [5.41, 5.74) is 8.03. The van der Waals surface area contributed by atoms with Gasteiger partial charge in [0.15, 0.2) is 24.8 Å². The van der Waals surface area contributed by atoms with Gasteiger partial charge < -0.3 is 4.90 Å². The van der Waals surface area contributed by atoms with Crippen LogP contribution in [0.2, 0.25) is 0 Å².